The molecular weight excluding hydrogens is 413 g/mol. The quantitative estimate of drug-likeness (QED) is 0.647. The van der Waals surface area contributed by atoms with E-state index in [-0.39, 0.29) is 42.9 Å². The highest BCUT2D eigenvalue weighted by Gasteiger charge is 2.34. The highest BCUT2D eigenvalue weighted by atomic mass is 35.5. The number of nitrogens with one attached hydrogen (secondary N) is 2. The van der Waals surface area contributed by atoms with Gasteiger partial charge in [0.25, 0.3) is 5.91 Å². The summed E-state index contributed by atoms with van der Waals surface area (Å²) in [6.07, 6.45) is -4.97. The van der Waals surface area contributed by atoms with Crippen molar-refractivity contribution in [3.63, 3.8) is 0 Å². The molecule has 11 heteroatoms. The maximum Gasteiger partial charge on any atom is 0.419 e. The molecule has 3 rings (SSSR count). The van der Waals surface area contributed by atoms with Crippen LogP contribution in [0.1, 0.15) is 27.3 Å². The van der Waals surface area contributed by atoms with Crippen LogP contribution < -0.4 is 10.1 Å². The van der Waals surface area contributed by atoms with Crippen LogP contribution in [0.3, 0.4) is 0 Å². The molecule has 1 aliphatic heterocycles. The summed E-state index contributed by atoms with van der Waals surface area (Å²) < 4.78 is 44.1. The summed E-state index contributed by atoms with van der Waals surface area (Å²) in [6.45, 7) is 0.835. The van der Waals surface area contributed by atoms with E-state index < -0.39 is 17.8 Å². The normalized spacial score (nSPS) is 14.5. The number of carbonyl (C=O) groups is 1. The van der Waals surface area contributed by atoms with E-state index in [1.54, 1.807) is 0 Å². The van der Waals surface area contributed by atoms with Gasteiger partial charge in [0.2, 0.25) is 0 Å². The number of H-pyrrole nitrogens is 1. The minimum Gasteiger partial charge on any atom is -0.490 e. The van der Waals surface area contributed by atoms with Crippen molar-refractivity contribution in [2.24, 2.45) is 0 Å². The lowest BCUT2D eigenvalue weighted by Gasteiger charge is -2.22. The molecule has 1 amide bonds. The molecule has 0 saturated carbocycles. The number of alkyl halides is 3. The third-order valence-electron chi connectivity index (χ3n) is 4.46. The van der Waals surface area contributed by atoms with Crippen molar-refractivity contribution in [1.82, 2.24) is 20.4 Å². The molecule has 1 atom stereocenters. The van der Waals surface area contributed by atoms with Gasteiger partial charge in [-0.1, -0.05) is 12.1 Å². The highest BCUT2D eigenvalue weighted by Crippen LogP contribution is 2.35. The van der Waals surface area contributed by atoms with Crippen LogP contribution in [0.2, 0.25) is 0 Å². The van der Waals surface area contributed by atoms with Crippen LogP contribution in [0.5, 0.6) is 5.75 Å². The largest absolute Gasteiger partial charge is 0.490 e. The Balaban J connectivity index is 0.00000300. The topological polar surface area (TPSA) is 90.5 Å². The second-order valence-corrected chi connectivity index (χ2v) is 6.60. The summed E-state index contributed by atoms with van der Waals surface area (Å²) in [5.74, 6) is -0.744. The van der Waals surface area contributed by atoms with Crippen molar-refractivity contribution < 1.29 is 27.8 Å². The predicted molar refractivity (Wildman–Crippen MR) is 101 cm³/mol. The fourth-order valence-corrected chi connectivity index (χ4v) is 3.05. The molecule has 0 aliphatic carbocycles. The molecule has 1 aromatic heterocycles. The van der Waals surface area contributed by atoms with E-state index in [4.69, 9.17) is 4.74 Å². The van der Waals surface area contributed by atoms with E-state index in [1.165, 1.54) is 30.1 Å². The summed E-state index contributed by atoms with van der Waals surface area (Å²) in [7, 11) is 1.49. The Morgan fingerprint density at radius 2 is 2.10 bits per heavy atom. The molecule has 0 radical (unpaired) electrons. The van der Waals surface area contributed by atoms with Crippen LogP contribution in [-0.2, 0) is 19.1 Å². The maximum atomic E-state index is 13.0. The van der Waals surface area contributed by atoms with E-state index in [2.05, 4.69) is 15.5 Å². The number of nitrogens with zero attached hydrogens (tertiary/aromatic N) is 2. The number of hydrogen-bond acceptors (Lipinski definition) is 5. The zero-order chi connectivity index (χ0) is 20.3. The summed E-state index contributed by atoms with van der Waals surface area (Å²) in [4.78, 5) is 13.9. The number of aliphatic hydroxyl groups is 1. The van der Waals surface area contributed by atoms with Crippen LogP contribution in [0.15, 0.2) is 24.3 Å². The zero-order valence-corrected chi connectivity index (χ0v) is 16.4. The second kappa shape index (κ2) is 9.47. The van der Waals surface area contributed by atoms with Crippen LogP contribution in [0, 0.1) is 0 Å². The third kappa shape index (κ3) is 5.40. The highest BCUT2D eigenvalue weighted by molar-refractivity contribution is 5.93. The van der Waals surface area contributed by atoms with Gasteiger partial charge < -0.3 is 20.1 Å². The molecule has 2 aromatic rings. The molecule has 3 N–H and O–H groups in total. The van der Waals surface area contributed by atoms with Crippen molar-refractivity contribution in [1.29, 1.82) is 0 Å². The molecule has 2 heterocycles. The molecule has 1 aromatic carbocycles. The first kappa shape index (κ1) is 23.0. The number of hydrogen-bond donors (Lipinski definition) is 3. The number of benzene rings is 1. The standard InChI is InChI=1S/C18H21F3N4O3.ClH/c1-25(17(27)16-12-8-22-7-6-14(12)23-24-16)9-11(26)10-28-15-5-3-2-4-13(15)18(19,20)21;/h2-5,11,22,26H,6-10H2,1H3,(H,23,24);1H. The van der Waals surface area contributed by atoms with Gasteiger partial charge in [0.1, 0.15) is 18.5 Å². The number of aromatic amines is 1. The molecule has 0 fully saturated rings. The Labute approximate surface area is 171 Å². The maximum absolute atomic E-state index is 13.0. The average molecular weight is 435 g/mol. The van der Waals surface area contributed by atoms with Gasteiger partial charge in [-0.3, -0.25) is 9.89 Å². The summed E-state index contributed by atoms with van der Waals surface area (Å²) in [5.41, 5.74) is 1.07. The number of likely N-dealkylation sites (N-methyl/N-ethyl adjacent to an activating group) is 1. The van der Waals surface area contributed by atoms with E-state index >= 15 is 0 Å². The van der Waals surface area contributed by atoms with E-state index in [1.807, 2.05) is 0 Å². The second-order valence-electron chi connectivity index (χ2n) is 6.60. The Morgan fingerprint density at radius 3 is 2.83 bits per heavy atom. The van der Waals surface area contributed by atoms with Crippen LogP contribution >= 0.6 is 12.4 Å². The number of aliphatic hydroxyl groups excluding tert-OH is 1. The van der Waals surface area contributed by atoms with Gasteiger partial charge in [-0.15, -0.1) is 12.4 Å². The lowest BCUT2D eigenvalue weighted by Crippen LogP contribution is -2.38. The van der Waals surface area contributed by atoms with Crippen LogP contribution in [0.4, 0.5) is 13.2 Å². The van der Waals surface area contributed by atoms with Gasteiger partial charge in [-0.25, -0.2) is 0 Å². The van der Waals surface area contributed by atoms with E-state index in [9.17, 15) is 23.1 Å². The van der Waals surface area contributed by atoms with Crippen LogP contribution in [0.25, 0.3) is 0 Å². The molecule has 1 unspecified atom stereocenters. The molecule has 0 spiro atoms. The molecule has 160 valence electrons. The smallest absolute Gasteiger partial charge is 0.419 e. The Kier molecular flexibility index (Phi) is 7.50. The molecule has 1 aliphatic rings. The zero-order valence-electron chi connectivity index (χ0n) is 15.6. The number of para-hydroxylation sites is 1. The van der Waals surface area contributed by atoms with Gasteiger partial charge in [0.05, 0.1) is 5.56 Å². The Hall–Kier alpha value is -2.30. The Bertz CT molecular complexity index is 844. The number of aromatic nitrogens is 2. The molecule has 0 saturated heterocycles. The van der Waals surface area contributed by atoms with Gasteiger partial charge in [0, 0.05) is 44.4 Å². The SMILES string of the molecule is CN(CC(O)COc1ccccc1C(F)(F)F)C(=O)c1n[nH]c2c1CNCC2.Cl. The third-order valence-corrected chi connectivity index (χ3v) is 4.46. The molecule has 7 nitrogen and oxygen atoms in total. The fraction of sp³-hybridized carbons (Fsp3) is 0.444. The number of rotatable bonds is 6. The first-order valence-electron chi connectivity index (χ1n) is 8.76. The van der Waals surface area contributed by atoms with Gasteiger partial charge >= 0.3 is 6.18 Å². The van der Waals surface area contributed by atoms with E-state index in [0.717, 1.165) is 30.3 Å². The minimum atomic E-state index is -4.55. The first-order chi connectivity index (χ1) is 13.3. The molecule has 0 bridgehead atoms. The van der Waals surface area contributed by atoms with Gasteiger partial charge in [-0.05, 0) is 12.1 Å². The fourth-order valence-electron chi connectivity index (χ4n) is 3.05. The minimum absolute atomic E-state index is 0. The molecule has 29 heavy (non-hydrogen) atoms. The number of amides is 1. The van der Waals surface area contributed by atoms with E-state index in [0.29, 0.717) is 6.54 Å². The lowest BCUT2D eigenvalue weighted by atomic mass is 10.1. The number of carbonyl (C=O) groups excluding carboxylic acids is 1. The number of halogens is 4. The lowest BCUT2D eigenvalue weighted by molar-refractivity contribution is -0.139. The van der Waals surface area contributed by atoms with Gasteiger partial charge in [-0.2, -0.15) is 18.3 Å². The number of ether oxygens (including phenoxy) is 1. The monoisotopic (exact) mass is 434 g/mol. The average Bonchev–Trinajstić information content (AvgIpc) is 3.09. The van der Waals surface area contributed by atoms with Crippen molar-refractivity contribution >= 4 is 18.3 Å². The first-order valence-corrected chi connectivity index (χ1v) is 8.76. The Morgan fingerprint density at radius 1 is 1.38 bits per heavy atom. The van der Waals surface area contributed by atoms with Crippen molar-refractivity contribution in [2.75, 3.05) is 26.7 Å². The summed E-state index contributed by atoms with van der Waals surface area (Å²) in [5, 5.41) is 20.2. The van der Waals surface area contributed by atoms with Gasteiger partial charge in [0.15, 0.2) is 5.69 Å². The predicted octanol–water partition coefficient (Wildman–Crippen LogP) is 2.01. The molecular formula is C18H22ClF3N4O3. The van der Waals surface area contributed by atoms with Crippen molar-refractivity contribution in [3.05, 3.63) is 46.8 Å². The summed E-state index contributed by atoms with van der Waals surface area (Å²) in [6, 6.07) is 4.78. The summed E-state index contributed by atoms with van der Waals surface area (Å²) >= 11 is 0. The van der Waals surface area contributed by atoms with Crippen molar-refractivity contribution in [3.8, 4) is 5.75 Å². The van der Waals surface area contributed by atoms with Crippen LogP contribution in [-0.4, -0.2) is 59.0 Å². The van der Waals surface area contributed by atoms with Crippen molar-refractivity contribution in [2.45, 2.75) is 25.2 Å². The number of fused-ring (bicyclic) bond motifs is 1.